The monoisotopic (exact) mass is 270 g/mol. The fraction of sp³-hybridized carbons (Fsp3) is 0.182. The van der Waals surface area contributed by atoms with Crippen LogP contribution in [0.3, 0.4) is 0 Å². The smallest absolute Gasteiger partial charge is 0.154 e. The number of hydrogen-bond acceptors (Lipinski definition) is 4. The van der Waals surface area contributed by atoms with Crippen molar-refractivity contribution in [1.82, 2.24) is 10.3 Å². The largest absolute Gasteiger partial charge is 0.316 e. The lowest BCUT2D eigenvalue weighted by atomic mass is 10.2. The van der Waals surface area contributed by atoms with Crippen LogP contribution in [0.4, 0.5) is 0 Å². The van der Waals surface area contributed by atoms with Crippen LogP contribution in [0.5, 0.6) is 0 Å². The number of nitrogens with zero attached hydrogens (tertiary/aromatic N) is 1. The van der Waals surface area contributed by atoms with Crippen LogP contribution in [0.1, 0.15) is 5.56 Å². The van der Waals surface area contributed by atoms with E-state index in [9.17, 15) is 0 Å². The summed E-state index contributed by atoms with van der Waals surface area (Å²) in [6.45, 7) is 0.814. The molecule has 1 aromatic heterocycles. The number of benzene rings is 1. The van der Waals surface area contributed by atoms with E-state index in [1.807, 2.05) is 36.8 Å². The van der Waals surface area contributed by atoms with Gasteiger partial charge in [0, 0.05) is 28.0 Å². The van der Waals surface area contributed by atoms with Crippen molar-refractivity contribution in [3.63, 3.8) is 0 Å². The Balaban J connectivity index is 2.25. The molecule has 1 aromatic carbocycles. The average Bonchev–Trinajstić information content (AvgIpc) is 2.75. The first-order valence-electron chi connectivity index (χ1n) is 4.80. The van der Waals surface area contributed by atoms with Gasteiger partial charge in [0.25, 0.3) is 0 Å². The highest BCUT2D eigenvalue weighted by Crippen LogP contribution is 2.32. The summed E-state index contributed by atoms with van der Waals surface area (Å²) in [4.78, 5) is 5.47. The van der Waals surface area contributed by atoms with Crippen LogP contribution in [-0.4, -0.2) is 12.0 Å². The predicted octanol–water partition coefficient (Wildman–Crippen LogP) is 3.67. The molecule has 5 heteroatoms. The molecule has 2 nitrogen and oxygen atoms in total. The Kier molecular flexibility index (Phi) is 4.23. The molecule has 1 N–H and O–H groups in total. The highest BCUT2D eigenvalue weighted by atomic mass is 35.5. The number of aromatic nitrogens is 1. The standard InChI is InChI=1S/C11H11ClN2S2/c1-13-7-8-6-9(12)2-3-10(8)16-11-14-4-5-15-11/h2-6,13H,7H2,1H3. The third-order valence-electron chi connectivity index (χ3n) is 2.00. The highest BCUT2D eigenvalue weighted by molar-refractivity contribution is 8.01. The maximum absolute atomic E-state index is 5.98. The lowest BCUT2D eigenvalue weighted by Crippen LogP contribution is -2.06. The van der Waals surface area contributed by atoms with Gasteiger partial charge in [0.2, 0.25) is 0 Å². The molecule has 0 spiro atoms. The molecule has 0 aliphatic heterocycles. The summed E-state index contributed by atoms with van der Waals surface area (Å²) in [5.41, 5.74) is 1.20. The van der Waals surface area contributed by atoms with Crippen LogP contribution in [0.15, 0.2) is 39.0 Å². The molecule has 0 saturated carbocycles. The number of thiazole rings is 1. The Morgan fingerprint density at radius 2 is 2.38 bits per heavy atom. The highest BCUT2D eigenvalue weighted by Gasteiger charge is 2.06. The molecule has 0 unspecified atom stereocenters. The van der Waals surface area contributed by atoms with Crippen molar-refractivity contribution in [2.45, 2.75) is 15.8 Å². The van der Waals surface area contributed by atoms with E-state index in [4.69, 9.17) is 11.6 Å². The van der Waals surface area contributed by atoms with Gasteiger partial charge in [0.1, 0.15) is 0 Å². The van der Waals surface area contributed by atoms with Crippen molar-refractivity contribution < 1.29 is 0 Å². The van der Waals surface area contributed by atoms with Crippen molar-refractivity contribution in [3.8, 4) is 0 Å². The van der Waals surface area contributed by atoms with E-state index in [1.54, 1.807) is 23.1 Å². The van der Waals surface area contributed by atoms with Crippen molar-refractivity contribution in [3.05, 3.63) is 40.4 Å². The molecular weight excluding hydrogens is 260 g/mol. The second kappa shape index (κ2) is 5.68. The van der Waals surface area contributed by atoms with Crippen LogP contribution in [0.2, 0.25) is 5.02 Å². The van der Waals surface area contributed by atoms with Gasteiger partial charge in [-0.1, -0.05) is 23.4 Å². The van der Waals surface area contributed by atoms with Crippen LogP contribution >= 0.6 is 34.7 Å². The minimum Gasteiger partial charge on any atom is -0.316 e. The second-order valence-electron chi connectivity index (χ2n) is 3.18. The number of nitrogens with one attached hydrogen (secondary N) is 1. The van der Waals surface area contributed by atoms with Gasteiger partial charge < -0.3 is 5.32 Å². The SMILES string of the molecule is CNCc1cc(Cl)ccc1Sc1nccs1. The molecule has 0 fully saturated rings. The summed E-state index contributed by atoms with van der Waals surface area (Å²) in [5, 5.41) is 5.90. The Labute approximate surface area is 108 Å². The van der Waals surface area contributed by atoms with Gasteiger partial charge in [-0.3, -0.25) is 0 Å². The van der Waals surface area contributed by atoms with E-state index in [1.165, 1.54) is 10.5 Å². The molecule has 2 aromatic rings. The molecule has 0 aliphatic carbocycles. The molecule has 0 aliphatic rings. The lowest BCUT2D eigenvalue weighted by molar-refractivity contribution is 0.803. The van der Waals surface area contributed by atoms with Gasteiger partial charge in [-0.25, -0.2) is 4.98 Å². The Morgan fingerprint density at radius 3 is 3.06 bits per heavy atom. The maximum atomic E-state index is 5.98. The number of rotatable bonds is 4. The molecule has 0 bridgehead atoms. The molecule has 84 valence electrons. The summed E-state index contributed by atoms with van der Waals surface area (Å²) < 4.78 is 1.06. The van der Waals surface area contributed by atoms with Gasteiger partial charge in [-0.15, -0.1) is 11.3 Å². The summed E-state index contributed by atoms with van der Waals surface area (Å²) in [6, 6.07) is 5.95. The third kappa shape index (κ3) is 2.98. The fourth-order valence-corrected chi connectivity index (χ4v) is 3.21. The third-order valence-corrected chi connectivity index (χ3v) is 4.23. The molecule has 1 heterocycles. The van der Waals surface area contributed by atoms with E-state index >= 15 is 0 Å². The zero-order chi connectivity index (χ0) is 11.4. The lowest BCUT2D eigenvalue weighted by Gasteiger charge is -2.07. The molecule has 0 amide bonds. The van der Waals surface area contributed by atoms with E-state index in [2.05, 4.69) is 10.3 Å². The molecule has 0 atom stereocenters. The van der Waals surface area contributed by atoms with E-state index in [0.29, 0.717) is 0 Å². The predicted molar refractivity (Wildman–Crippen MR) is 70.5 cm³/mol. The van der Waals surface area contributed by atoms with Crippen LogP contribution in [0.25, 0.3) is 0 Å². The molecular formula is C11H11ClN2S2. The summed E-state index contributed by atoms with van der Waals surface area (Å²) >= 11 is 9.31. The average molecular weight is 271 g/mol. The fourth-order valence-electron chi connectivity index (χ4n) is 1.33. The Morgan fingerprint density at radius 1 is 1.50 bits per heavy atom. The van der Waals surface area contributed by atoms with Gasteiger partial charge in [-0.2, -0.15) is 0 Å². The minimum absolute atomic E-state index is 0.772. The van der Waals surface area contributed by atoms with Gasteiger partial charge in [0.05, 0.1) is 0 Å². The molecule has 2 rings (SSSR count). The van der Waals surface area contributed by atoms with Crippen LogP contribution in [0, 0.1) is 0 Å². The number of halogens is 1. The van der Waals surface area contributed by atoms with Crippen LogP contribution in [-0.2, 0) is 6.54 Å². The summed E-state index contributed by atoms with van der Waals surface area (Å²) in [5.74, 6) is 0. The van der Waals surface area contributed by atoms with Crippen molar-refractivity contribution >= 4 is 34.7 Å². The quantitative estimate of drug-likeness (QED) is 0.918. The summed E-state index contributed by atoms with van der Waals surface area (Å²) in [6.07, 6.45) is 1.82. The van der Waals surface area contributed by atoms with Gasteiger partial charge >= 0.3 is 0 Å². The second-order valence-corrected chi connectivity index (χ2v) is 5.80. The van der Waals surface area contributed by atoms with E-state index in [0.717, 1.165) is 15.9 Å². The minimum atomic E-state index is 0.772. The summed E-state index contributed by atoms with van der Waals surface area (Å²) in [7, 11) is 1.93. The number of hydrogen-bond donors (Lipinski definition) is 1. The topological polar surface area (TPSA) is 24.9 Å². The van der Waals surface area contributed by atoms with Gasteiger partial charge in [0.15, 0.2) is 4.34 Å². The normalized spacial score (nSPS) is 10.6. The van der Waals surface area contributed by atoms with Crippen LogP contribution < -0.4 is 5.32 Å². The van der Waals surface area contributed by atoms with E-state index in [-0.39, 0.29) is 0 Å². The first-order chi connectivity index (χ1) is 7.79. The van der Waals surface area contributed by atoms with Crippen molar-refractivity contribution in [2.75, 3.05) is 7.05 Å². The van der Waals surface area contributed by atoms with E-state index < -0.39 is 0 Å². The zero-order valence-electron chi connectivity index (χ0n) is 8.74. The van der Waals surface area contributed by atoms with Crippen molar-refractivity contribution in [1.29, 1.82) is 0 Å². The first kappa shape index (κ1) is 11.9. The zero-order valence-corrected chi connectivity index (χ0v) is 11.1. The van der Waals surface area contributed by atoms with Crippen molar-refractivity contribution in [2.24, 2.45) is 0 Å². The molecule has 0 saturated heterocycles. The van der Waals surface area contributed by atoms with Gasteiger partial charge in [-0.05, 0) is 30.8 Å². The first-order valence-corrected chi connectivity index (χ1v) is 6.87. The Bertz CT molecular complexity index is 457. The molecule has 16 heavy (non-hydrogen) atoms. The maximum Gasteiger partial charge on any atom is 0.154 e. The molecule has 0 radical (unpaired) electrons. The Hall–Kier alpha value is -0.550.